The summed E-state index contributed by atoms with van der Waals surface area (Å²) in [5.41, 5.74) is 0.660. The van der Waals surface area contributed by atoms with Gasteiger partial charge in [-0.05, 0) is 19.9 Å². The number of hydrogen-bond donors (Lipinski definition) is 3. The molecule has 0 radical (unpaired) electrons. The highest BCUT2D eigenvalue weighted by molar-refractivity contribution is 5.44. The molecule has 2 rings (SSSR count). The molecule has 0 spiro atoms. The summed E-state index contributed by atoms with van der Waals surface area (Å²) in [5, 5.41) is 22.2. The molecule has 1 aromatic rings. The Labute approximate surface area is 106 Å². The van der Waals surface area contributed by atoms with Gasteiger partial charge >= 0.3 is 0 Å². The molecule has 1 aromatic carbocycles. The normalized spacial score (nSPS) is 22.2. The third-order valence-electron chi connectivity index (χ3n) is 2.85. The molecule has 18 heavy (non-hydrogen) atoms. The summed E-state index contributed by atoms with van der Waals surface area (Å²) in [6, 6.07) is 4.91. The van der Waals surface area contributed by atoms with Crippen LogP contribution < -0.4 is 5.32 Å². The molecule has 1 fully saturated rings. The van der Waals surface area contributed by atoms with Crippen molar-refractivity contribution >= 4 is 0 Å². The van der Waals surface area contributed by atoms with Crippen LogP contribution in [0.5, 0.6) is 11.5 Å². The SMILES string of the molecule is CC1(C)OCC(CNCc2cccc(O)c2O)O1. The first-order valence-corrected chi connectivity index (χ1v) is 6.00. The van der Waals surface area contributed by atoms with Gasteiger partial charge < -0.3 is 25.0 Å². The summed E-state index contributed by atoms with van der Waals surface area (Å²) < 4.78 is 11.1. The van der Waals surface area contributed by atoms with Crippen LogP contribution in [0.3, 0.4) is 0 Å². The van der Waals surface area contributed by atoms with Crippen molar-refractivity contribution in [3.63, 3.8) is 0 Å². The zero-order chi connectivity index (χ0) is 13.2. The quantitative estimate of drug-likeness (QED) is 0.706. The first-order valence-electron chi connectivity index (χ1n) is 6.00. The van der Waals surface area contributed by atoms with E-state index in [0.717, 1.165) is 0 Å². The Morgan fingerprint density at radius 2 is 2.17 bits per heavy atom. The Hall–Kier alpha value is -1.30. The van der Waals surface area contributed by atoms with Crippen molar-refractivity contribution in [3.8, 4) is 11.5 Å². The summed E-state index contributed by atoms with van der Waals surface area (Å²) in [5.74, 6) is -0.690. The molecular weight excluding hydrogens is 234 g/mol. The number of aromatic hydroxyl groups is 2. The Morgan fingerprint density at radius 1 is 1.39 bits per heavy atom. The topological polar surface area (TPSA) is 71.0 Å². The van der Waals surface area contributed by atoms with E-state index in [2.05, 4.69) is 5.32 Å². The largest absolute Gasteiger partial charge is 0.504 e. The van der Waals surface area contributed by atoms with Crippen molar-refractivity contribution in [2.75, 3.05) is 13.2 Å². The minimum absolute atomic E-state index is 0.0134. The second-order valence-electron chi connectivity index (χ2n) is 4.87. The fraction of sp³-hybridized carbons (Fsp3) is 0.538. The first kappa shape index (κ1) is 13.1. The van der Waals surface area contributed by atoms with Crippen molar-refractivity contribution in [3.05, 3.63) is 23.8 Å². The molecule has 0 aliphatic carbocycles. The molecule has 1 atom stereocenters. The molecule has 5 nitrogen and oxygen atoms in total. The van der Waals surface area contributed by atoms with Crippen molar-refractivity contribution in [2.24, 2.45) is 0 Å². The number of ether oxygens (including phenoxy) is 2. The highest BCUT2D eigenvalue weighted by atomic mass is 16.7. The van der Waals surface area contributed by atoms with Gasteiger partial charge in [0.1, 0.15) is 0 Å². The van der Waals surface area contributed by atoms with Crippen LogP contribution in [0.15, 0.2) is 18.2 Å². The summed E-state index contributed by atoms with van der Waals surface area (Å²) in [4.78, 5) is 0. The third kappa shape index (κ3) is 3.13. The van der Waals surface area contributed by atoms with E-state index in [1.807, 2.05) is 13.8 Å². The second-order valence-corrected chi connectivity index (χ2v) is 4.87. The highest BCUT2D eigenvalue weighted by Crippen LogP contribution is 2.28. The Kier molecular flexibility index (Phi) is 3.75. The lowest BCUT2D eigenvalue weighted by Crippen LogP contribution is -2.30. The van der Waals surface area contributed by atoms with Crippen LogP contribution in [-0.4, -0.2) is 35.3 Å². The van der Waals surface area contributed by atoms with Gasteiger partial charge in [0, 0.05) is 18.7 Å². The van der Waals surface area contributed by atoms with Gasteiger partial charge in [0.25, 0.3) is 0 Å². The maximum atomic E-state index is 9.63. The fourth-order valence-electron chi connectivity index (χ4n) is 1.95. The van der Waals surface area contributed by atoms with Crippen LogP contribution in [0, 0.1) is 0 Å². The molecule has 100 valence electrons. The van der Waals surface area contributed by atoms with E-state index in [1.165, 1.54) is 6.07 Å². The van der Waals surface area contributed by atoms with Gasteiger partial charge in [0.2, 0.25) is 0 Å². The number of rotatable bonds is 4. The summed E-state index contributed by atoms with van der Waals surface area (Å²) in [7, 11) is 0. The van der Waals surface area contributed by atoms with Gasteiger partial charge in [-0.2, -0.15) is 0 Å². The molecule has 1 aliphatic heterocycles. The van der Waals surface area contributed by atoms with E-state index in [9.17, 15) is 10.2 Å². The van der Waals surface area contributed by atoms with Crippen LogP contribution in [0.25, 0.3) is 0 Å². The maximum absolute atomic E-state index is 9.63. The monoisotopic (exact) mass is 253 g/mol. The second kappa shape index (κ2) is 5.14. The van der Waals surface area contributed by atoms with Crippen LogP contribution in [-0.2, 0) is 16.0 Å². The molecule has 0 bridgehead atoms. The smallest absolute Gasteiger partial charge is 0.163 e. The molecule has 3 N–H and O–H groups in total. The lowest BCUT2D eigenvalue weighted by Gasteiger charge is -2.17. The Bertz CT molecular complexity index is 419. The number of nitrogens with one attached hydrogen (secondary N) is 1. The zero-order valence-electron chi connectivity index (χ0n) is 10.6. The number of benzene rings is 1. The van der Waals surface area contributed by atoms with Crippen molar-refractivity contribution in [1.29, 1.82) is 0 Å². The average molecular weight is 253 g/mol. The van der Waals surface area contributed by atoms with Crippen molar-refractivity contribution in [2.45, 2.75) is 32.3 Å². The maximum Gasteiger partial charge on any atom is 0.163 e. The highest BCUT2D eigenvalue weighted by Gasteiger charge is 2.32. The van der Waals surface area contributed by atoms with Crippen LogP contribution in [0.2, 0.25) is 0 Å². The molecule has 0 aromatic heterocycles. The van der Waals surface area contributed by atoms with Crippen molar-refractivity contribution < 1.29 is 19.7 Å². The van der Waals surface area contributed by atoms with Crippen LogP contribution in [0.1, 0.15) is 19.4 Å². The molecule has 1 heterocycles. The average Bonchev–Trinajstić information content (AvgIpc) is 2.64. The zero-order valence-corrected chi connectivity index (χ0v) is 10.6. The molecule has 1 aliphatic rings. The predicted molar refractivity (Wildman–Crippen MR) is 66.4 cm³/mol. The number of phenols is 2. The van der Waals surface area contributed by atoms with Gasteiger partial charge in [-0.3, -0.25) is 0 Å². The number of hydrogen-bond acceptors (Lipinski definition) is 5. The van der Waals surface area contributed by atoms with Crippen LogP contribution in [0.4, 0.5) is 0 Å². The molecule has 0 saturated carbocycles. The molecule has 0 amide bonds. The van der Waals surface area contributed by atoms with Crippen LogP contribution >= 0.6 is 0 Å². The van der Waals surface area contributed by atoms with E-state index < -0.39 is 5.79 Å². The summed E-state index contributed by atoms with van der Waals surface area (Å²) in [6.07, 6.45) is 0.0134. The van der Waals surface area contributed by atoms with Gasteiger partial charge in [-0.25, -0.2) is 0 Å². The van der Waals surface area contributed by atoms with E-state index in [1.54, 1.807) is 12.1 Å². The van der Waals surface area contributed by atoms with E-state index in [0.29, 0.717) is 25.3 Å². The molecule has 1 saturated heterocycles. The van der Waals surface area contributed by atoms with Crippen molar-refractivity contribution in [1.82, 2.24) is 5.32 Å². The van der Waals surface area contributed by atoms with E-state index >= 15 is 0 Å². The Morgan fingerprint density at radius 3 is 2.83 bits per heavy atom. The Balaban J connectivity index is 1.81. The predicted octanol–water partition coefficient (Wildman–Crippen LogP) is 1.34. The van der Waals surface area contributed by atoms with Gasteiger partial charge in [0.05, 0.1) is 12.7 Å². The van der Waals surface area contributed by atoms with E-state index in [-0.39, 0.29) is 17.6 Å². The standard InChI is InChI=1S/C13H19NO4/c1-13(2)17-8-10(18-13)7-14-6-9-4-3-5-11(15)12(9)16/h3-5,10,14-16H,6-8H2,1-2H3. The first-order chi connectivity index (χ1) is 8.48. The number of para-hydroxylation sites is 1. The minimum Gasteiger partial charge on any atom is -0.504 e. The molecule has 1 unspecified atom stereocenters. The molecule has 5 heteroatoms. The van der Waals surface area contributed by atoms with Gasteiger partial charge in [-0.1, -0.05) is 12.1 Å². The molecular formula is C13H19NO4. The third-order valence-corrected chi connectivity index (χ3v) is 2.85. The van der Waals surface area contributed by atoms with Gasteiger partial charge in [-0.15, -0.1) is 0 Å². The van der Waals surface area contributed by atoms with E-state index in [4.69, 9.17) is 9.47 Å². The lowest BCUT2D eigenvalue weighted by atomic mass is 10.2. The van der Waals surface area contributed by atoms with Gasteiger partial charge in [0.15, 0.2) is 17.3 Å². The fourth-order valence-corrected chi connectivity index (χ4v) is 1.95. The summed E-state index contributed by atoms with van der Waals surface area (Å²) in [6.45, 7) is 5.44. The summed E-state index contributed by atoms with van der Waals surface area (Å²) >= 11 is 0. The number of phenolic OH excluding ortho intramolecular Hbond substituents is 2. The minimum atomic E-state index is -0.514. The lowest BCUT2D eigenvalue weighted by molar-refractivity contribution is -0.137.